The van der Waals surface area contributed by atoms with Crippen LogP contribution in [0.4, 0.5) is 0 Å². The summed E-state index contributed by atoms with van der Waals surface area (Å²) in [5.41, 5.74) is 7.02. The van der Waals surface area contributed by atoms with Crippen LogP contribution >= 0.6 is 0 Å². The van der Waals surface area contributed by atoms with Crippen LogP contribution in [0.3, 0.4) is 0 Å². The molecule has 0 radical (unpaired) electrons. The molecule has 0 heterocycles. The Hall–Kier alpha value is -1.06. The first kappa shape index (κ1) is 16.0. The summed E-state index contributed by atoms with van der Waals surface area (Å²) < 4.78 is 11.1. The number of ether oxygens (including phenoxy) is 2. The van der Waals surface area contributed by atoms with Crippen molar-refractivity contribution in [1.82, 2.24) is 0 Å². The fourth-order valence-electron chi connectivity index (χ4n) is 1.60. The summed E-state index contributed by atoms with van der Waals surface area (Å²) in [4.78, 5) is 0. The molecule has 0 saturated carbocycles. The molecule has 0 unspecified atom stereocenters. The highest BCUT2D eigenvalue weighted by molar-refractivity contribution is 5.31. The van der Waals surface area contributed by atoms with Crippen LogP contribution in [0, 0.1) is 0 Å². The van der Waals surface area contributed by atoms with Crippen molar-refractivity contribution in [3.63, 3.8) is 0 Å². The molecule has 3 nitrogen and oxygen atoms in total. The molecule has 0 aromatic heterocycles. The molecular formula is C16H27NO2. The first-order valence-electron chi connectivity index (χ1n) is 6.78. The normalized spacial score (nSPS) is 12.5. The van der Waals surface area contributed by atoms with Gasteiger partial charge < -0.3 is 15.2 Å². The average molecular weight is 265 g/mol. The van der Waals surface area contributed by atoms with Crippen LogP contribution < -0.4 is 10.5 Å². The summed E-state index contributed by atoms with van der Waals surface area (Å²) >= 11 is 0. The van der Waals surface area contributed by atoms with Gasteiger partial charge in [0.2, 0.25) is 0 Å². The fourth-order valence-corrected chi connectivity index (χ4v) is 1.60. The zero-order valence-corrected chi connectivity index (χ0v) is 12.8. The molecule has 0 aliphatic carbocycles. The lowest BCUT2D eigenvalue weighted by Gasteiger charge is -2.19. The minimum absolute atomic E-state index is 0.175. The van der Waals surface area contributed by atoms with E-state index >= 15 is 0 Å². The van der Waals surface area contributed by atoms with Gasteiger partial charge in [-0.15, -0.1) is 0 Å². The molecule has 3 heteroatoms. The Morgan fingerprint density at radius 1 is 0.947 bits per heavy atom. The second-order valence-electron chi connectivity index (χ2n) is 6.66. The Morgan fingerprint density at radius 2 is 1.53 bits per heavy atom. The minimum Gasteiger partial charge on any atom is -0.491 e. The molecule has 0 amide bonds. The van der Waals surface area contributed by atoms with Gasteiger partial charge >= 0.3 is 0 Å². The highest BCUT2D eigenvalue weighted by Crippen LogP contribution is 2.24. The minimum atomic E-state index is -0.283. The van der Waals surface area contributed by atoms with Crippen molar-refractivity contribution in [3.05, 3.63) is 29.8 Å². The zero-order valence-electron chi connectivity index (χ0n) is 12.8. The van der Waals surface area contributed by atoms with E-state index in [-0.39, 0.29) is 11.0 Å². The van der Waals surface area contributed by atoms with Crippen LogP contribution in [0.2, 0.25) is 0 Å². The molecular weight excluding hydrogens is 238 g/mol. The van der Waals surface area contributed by atoms with Crippen molar-refractivity contribution in [2.75, 3.05) is 19.8 Å². The van der Waals surface area contributed by atoms with E-state index in [1.165, 1.54) is 5.56 Å². The standard InChI is InChI=1S/C16H27NO2/c1-15(2,3)13-6-8-14(9-7-13)19-11-10-18-12-16(4,5)17/h6-9H,10-12,17H2,1-5H3. The Balaban J connectivity index is 2.31. The van der Waals surface area contributed by atoms with E-state index in [1.54, 1.807) is 0 Å². The Morgan fingerprint density at radius 3 is 2.00 bits per heavy atom. The summed E-state index contributed by atoms with van der Waals surface area (Å²) in [5.74, 6) is 0.878. The third-order valence-corrected chi connectivity index (χ3v) is 2.69. The van der Waals surface area contributed by atoms with Crippen molar-refractivity contribution >= 4 is 0 Å². The predicted octanol–water partition coefficient (Wildman–Crippen LogP) is 3.12. The van der Waals surface area contributed by atoms with E-state index in [0.29, 0.717) is 19.8 Å². The van der Waals surface area contributed by atoms with Gasteiger partial charge in [-0.1, -0.05) is 32.9 Å². The van der Waals surface area contributed by atoms with Crippen molar-refractivity contribution in [2.45, 2.75) is 45.6 Å². The molecule has 0 bridgehead atoms. The lowest BCUT2D eigenvalue weighted by atomic mass is 9.87. The lowest BCUT2D eigenvalue weighted by molar-refractivity contribution is 0.0724. The lowest BCUT2D eigenvalue weighted by Crippen LogP contribution is -2.37. The number of nitrogens with two attached hydrogens (primary N) is 1. The van der Waals surface area contributed by atoms with Crippen LogP contribution in [0.1, 0.15) is 40.2 Å². The second-order valence-corrected chi connectivity index (χ2v) is 6.66. The Bertz CT molecular complexity index is 371. The van der Waals surface area contributed by atoms with Gasteiger partial charge in [0.1, 0.15) is 12.4 Å². The van der Waals surface area contributed by atoms with Crippen LogP contribution in [-0.2, 0) is 10.2 Å². The van der Waals surface area contributed by atoms with Crippen LogP contribution in [0.5, 0.6) is 5.75 Å². The van der Waals surface area contributed by atoms with Gasteiger partial charge in [0.05, 0.1) is 13.2 Å². The maximum Gasteiger partial charge on any atom is 0.119 e. The molecule has 1 aromatic rings. The highest BCUT2D eigenvalue weighted by atomic mass is 16.5. The second kappa shape index (κ2) is 6.40. The average Bonchev–Trinajstić information content (AvgIpc) is 2.26. The van der Waals surface area contributed by atoms with Crippen LogP contribution in [-0.4, -0.2) is 25.4 Å². The quantitative estimate of drug-likeness (QED) is 0.804. The summed E-state index contributed by atoms with van der Waals surface area (Å²) in [6.07, 6.45) is 0. The van der Waals surface area contributed by atoms with E-state index in [2.05, 4.69) is 32.9 Å². The number of rotatable bonds is 6. The summed E-state index contributed by atoms with van der Waals surface area (Å²) in [6.45, 7) is 12.1. The van der Waals surface area contributed by atoms with Crippen LogP contribution in [0.25, 0.3) is 0 Å². The van der Waals surface area contributed by atoms with Gasteiger partial charge in [0.25, 0.3) is 0 Å². The molecule has 0 atom stereocenters. The molecule has 1 aromatic carbocycles. The Labute approximate surface area is 117 Å². The highest BCUT2D eigenvalue weighted by Gasteiger charge is 2.13. The molecule has 2 N–H and O–H groups in total. The maximum absolute atomic E-state index is 5.82. The fraction of sp³-hybridized carbons (Fsp3) is 0.625. The summed E-state index contributed by atoms with van der Waals surface area (Å²) in [5, 5.41) is 0. The van der Waals surface area contributed by atoms with Crippen molar-refractivity contribution < 1.29 is 9.47 Å². The molecule has 0 aliphatic heterocycles. The van der Waals surface area contributed by atoms with Crippen molar-refractivity contribution in [1.29, 1.82) is 0 Å². The van der Waals surface area contributed by atoms with Gasteiger partial charge in [0, 0.05) is 5.54 Å². The predicted molar refractivity (Wildman–Crippen MR) is 79.7 cm³/mol. The monoisotopic (exact) mass is 265 g/mol. The summed E-state index contributed by atoms with van der Waals surface area (Å²) in [7, 11) is 0. The van der Waals surface area contributed by atoms with E-state index < -0.39 is 0 Å². The van der Waals surface area contributed by atoms with E-state index in [0.717, 1.165) is 5.75 Å². The Kier molecular flexibility index (Phi) is 5.39. The molecule has 19 heavy (non-hydrogen) atoms. The molecule has 0 spiro atoms. The third kappa shape index (κ3) is 6.60. The molecule has 0 fully saturated rings. The van der Waals surface area contributed by atoms with E-state index in [4.69, 9.17) is 15.2 Å². The smallest absolute Gasteiger partial charge is 0.119 e. The number of hydrogen-bond donors (Lipinski definition) is 1. The number of hydrogen-bond acceptors (Lipinski definition) is 3. The van der Waals surface area contributed by atoms with Gasteiger partial charge in [-0.25, -0.2) is 0 Å². The van der Waals surface area contributed by atoms with Gasteiger partial charge in [-0.05, 0) is 37.0 Å². The topological polar surface area (TPSA) is 44.5 Å². The van der Waals surface area contributed by atoms with E-state index in [1.807, 2.05) is 26.0 Å². The van der Waals surface area contributed by atoms with Crippen molar-refractivity contribution in [2.24, 2.45) is 5.73 Å². The summed E-state index contributed by atoms with van der Waals surface area (Å²) in [6, 6.07) is 8.24. The SMILES string of the molecule is CC(C)(N)COCCOc1ccc(C(C)(C)C)cc1. The zero-order chi connectivity index (χ0) is 14.5. The first-order valence-corrected chi connectivity index (χ1v) is 6.78. The molecule has 108 valence electrons. The number of benzene rings is 1. The van der Waals surface area contributed by atoms with Gasteiger partial charge in [-0.3, -0.25) is 0 Å². The van der Waals surface area contributed by atoms with Crippen LogP contribution in [0.15, 0.2) is 24.3 Å². The molecule has 0 saturated heterocycles. The first-order chi connectivity index (χ1) is 8.68. The van der Waals surface area contributed by atoms with Crippen molar-refractivity contribution in [3.8, 4) is 5.75 Å². The maximum atomic E-state index is 5.82. The van der Waals surface area contributed by atoms with Gasteiger partial charge in [0.15, 0.2) is 0 Å². The van der Waals surface area contributed by atoms with E-state index in [9.17, 15) is 0 Å². The largest absolute Gasteiger partial charge is 0.491 e. The third-order valence-electron chi connectivity index (χ3n) is 2.69. The molecule has 1 rings (SSSR count). The molecule has 0 aliphatic rings. The van der Waals surface area contributed by atoms with Gasteiger partial charge in [-0.2, -0.15) is 0 Å².